The van der Waals surface area contributed by atoms with Gasteiger partial charge in [-0.05, 0) is 24.4 Å². The molecule has 1 aliphatic heterocycles. The summed E-state index contributed by atoms with van der Waals surface area (Å²) in [6, 6.07) is 0. The fraction of sp³-hybridized carbons (Fsp3) is 0.667. The Morgan fingerprint density at radius 2 is 2.21 bits per heavy atom. The van der Waals surface area contributed by atoms with Gasteiger partial charge in [0.2, 0.25) is 11.2 Å². The van der Waals surface area contributed by atoms with Crippen LogP contribution in [0.5, 0.6) is 5.88 Å². The van der Waals surface area contributed by atoms with E-state index < -0.39 is 24.6 Å². The molecule has 132 valence electrons. The van der Waals surface area contributed by atoms with Gasteiger partial charge >= 0.3 is 0 Å². The van der Waals surface area contributed by atoms with Gasteiger partial charge in [0.15, 0.2) is 23.6 Å². The van der Waals surface area contributed by atoms with E-state index in [9.17, 15) is 9.50 Å². The summed E-state index contributed by atoms with van der Waals surface area (Å²) >= 11 is 5.97. The number of aliphatic hydroxyl groups excluding tert-OH is 1. The predicted octanol–water partition coefficient (Wildman–Crippen LogP) is 2.67. The Hall–Kier alpha value is -1.51. The molecule has 0 aromatic carbocycles. The number of fused-ring (bicyclic) bond motifs is 1. The van der Waals surface area contributed by atoms with Gasteiger partial charge in [-0.2, -0.15) is 9.97 Å². The number of halogens is 2. The average molecular weight is 359 g/mol. The fourth-order valence-corrected chi connectivity index (χ4v) is 2.89. The summed E-state index contributed by atoms with van der Waals surface area (Å²) in [4.78, 5) is 12.4. The van der Waals surface area contributed by atoms with Gasteiger partial charge in [0.25, 0.3) is 0 Å². The number of hydrogen-bond donors (Lipinski definition) is 1. The number of nitrogens with zero attached hydrogens (tertiary/aromatic N) is 4. The SMILES string of the molecule is CCCCOc1nc(Cl)nc2c1ncn2[C@@H]1O[C@H](CC)[C@@H](O)[C@@H]1F. The summed E-state index contributed by atoms with van der Waals surface area (Å²) in [5, 5.41) is 9.92. The molecule has 0 amide bonds. The van der Waals surface area contributed by atoms with Crippen LogP contribution in [0, 0.1) is 0 Å². The molecule has 7 nitrogen and oxygen atoms in total. The molecule has 0 radical (unpaired) electrons. The van der Waals surface area contributed by atoms with Crippen molar-refractivity contribution >= 4 is 22.8 Å². The minimum atomic E-state index is -1.58. The minimum Gasteiger partial charge on any atom is -0.476 e. The third-order valence-electron chi connectivity index (χ3n) is 4.07. The highest BCUT2D eigenvalue weighted by atomic mass is 35.5. The van der Waals surface area contributed by atoms with Gasteiger partial charge in [0, 0.05) is 0 Å². The summed E-state index contributed by atoms with van der Waals surface area (Å²) in [5.41, 5.74) is 0.707. The van der Waals surface area contributed by atoms with Crippen LogP contribution in [-0.4, -0.2) is 49.6 Å². The summed E-state index contributed by atoms with van der Waals surface area (Å²) in [6.07, 6.45) is -0.584. The number of aromatic nitrogens is 4. The fourth-order valence-electron chi connectivity index (χ4n) is 2.73. The van der Waals surface area contributed by atoms with E-state index in [-0.39, 0.29) is 11.2 Å². The van der Waals surface area contributed by atoms with Crippen LogP contribution in [0.1, 0.15) is 39.3 Å². The minimum absolute atomic E-state index is 0.0169. The highest BCUT2D eigenvalue weighted by Gasteiger charge is 2.45. The molecule has 1 aliphatic rings. The first-order valence-electron chi connectivity index (χ1n) is 8.07. The quantitative estimate of drug-likeness (QED) is 0.631. The number of hydrogen-bond acceptors (Lipinski definition) is 6. The molecule has 3 heterocycles. The molecule has 2 aromatic rings. The lowest BCUT2D eigenvalue weighted by molar-refractivity contribution is -0.0238. The Morgan fingerprint density at radius 3 is 2.88 bits per heavy atom. The second kappa shape index (κ2) is 7.16. The zero-order valence-corrected chi connectivity index (χ0v) is 14.3. The number of rotatable bonds is 6. The molecule has 1 N–H and O–H groups in total. The van der Waals surface area contributed by atoms with Crippen LogP contribution in [0.15, 0.2) is 6.33 Å². The van der Waals surface area contributed by atoms with E-state index >= 15 is 0 Å². The summed E-state index contributed by atoms with van der Waals surface area (Å²) in [6.45, 7) is 4.36. The highest BCUT2D eigenvalue weighted by Crippen LogP contribution is 2.35. The van der Waals surface area contributed by atoms with E-state index in [4.69, 9.17) is 21.1 Å². The molecule has 0 saturated carbocycles. The number of ether oxygens (including phenoxy) is 2. The molecular weight excluding hydrogens is 339 g/mol. The van der Waals surface area contributed by atoms with E-state index in [0.29, 0.717) is 24.2 Å². The van der Waals surface area contributed by atoms with Crippen LogP contribution in [0.3, 0.4) is 0 Å². The van der Waals surface area contributed by atoms with Crippen molar-refractivity contribution in [2.24, 2.45) is 0 Å². The molecular formula is C15H20ClFN4O3. The van der Waals surface area contributed by atoms with Gasteiger partial charge in [-0.1, -0.05) is 20.3 Å². The molecule has 1 fully saturated rings. The van der Waals surface area contributed by atoms with Gasteiger partial charge in [0.1, 0.15) is 6.10 Å². The van der Waals surface area contributed by atoms with E-state index in [1.165, 1.54) is 10.9 Å². The smallest absolute Gasteiger partial charge is 0.246 e. The van der Waals surface area contributed by atoms with E-state index in [1.54, 1.807) is 0 Å². The van der Waals surface area contributed by atoms with Crippen molar-refractivity contribution in [3.8, 4) is 5.88 Å². The second-order valence-electron chi connectivity index (χ2n) is 5.73. The Bertz CT molecular complexity index is 713. The van der Waals surface area contributed by atoms with Crippen molar-refractivity contribution in [2.45, 2.75) is 57.7 Å². The monoisotopic (exact) mass is 358 g/mol. The predicted molar refractivity (Wildman–Crippen MR) is 85.8 cm³/mol. The van der Waals surface area contributed by atoms with Crippen molar-refractivity contribution in [3.05, 3.63) is 11.6 Å². The van der Waals surface area contributed by atoms with Crippen LogP contribution >= 0.6 is 11.6 Å². The average Bonchev–Trinajstić information content (AvgIpc) is 3.10. The molecule has 9 heteroatoms. The van der Waals surface area contributed by atoms with Gasteiger partial charge in [-0.3, -0.25) is 4.57 Å². The van der Waals surface area contributed by atoms with Gasteiger partial charge in [-0.25, -0.2) is 9.37 Å². The molecule has 4 atom stereocenters. The first-order chi connectivity index (χ1) is 11.6. The number of unbranched alkanes of at least 4 members (excludes halogenated alkanes) is 1. The molecule has 0 aliphatic carbocycles. The van der Waals surface area contributed by atoms with Crippen LogP contribution < -0.4 is 4.74 Å². The largest absolute Gasteiger partial charge is 0.476 e. The van der Waals surface area contributed by atoms with Crippen LogP contribution in [0.25, 0.3) is 11.2 Å². The van der Waals surface area contributed by atoms with Crippen molar-refractivity contribution in [1.29, 1.82) is 0 Å². The molecule has 3 rings (SSSR count). The molecule has 0 unspecified atom stereocenters. The van der Waals surface area contributed by atoms with Crippen molar-refractivity contribution in [1.82, 2.24) is 19.5 Å². The molecule has 2 aromatic heterocycles. The maximum atomic E-state index is 14.4. The van der Waals surface area contributed by atoms with Crippen LogP contribution in [0.4, 0.5) is 4.39 Å². The zero-order valence-electron chi connectivity index (χ0n) is 13.5. The first kappa shape index (κ1) is 17.3. The van der Waals surface area contributed by atoms with E-state index in [2.05, 4.69) is 21.9 Å². The molecule has 0 spiro atoms. The maximum absolute atomic E-state index is 14.4. The normalized spacial score (nSPS) is 27.0. The number of alkyl halides is 1. The number of aliphatic hydroxyl groups is 1. The lowest BCUT2D eigenvalue weighted by Gasteiger charge is -2.15. The second-order valence-corrected chi connectivity index (χ2v) is 6.07. The molecule has 24 heavy (non-hydrogen) atoms. The summed E-state index contributed by atoms with van der Waals surface area (Å²) in [7, 11) is 0. The Balaban J connectivity index is 1.95. The molecule has 0 bridgehead atoms. The number of imidazole rings is 1. The standard InChI is InChI=1S/C15H20ClFN4O3/c1-3-5-6-23-13-10-12(19-15(16)20-13)21(7-18-10)14-9(17)11(22)8(4-2)24-14/h7-9,11,14,22H,3-6H2,1-2H3/t8-,9+,11-,14-/m1/s1. The summed E-state index contributed by atoms with van der Waals surface area (Å²) in [5.74, 6) is 0.262. The Kier molecular flexibility index (Phi) is 5.17. The maximum Gasteiger partial charge on any atom is 0.246 e. The lowest BCUT2D eigenvalue weighted by atomic mass is 10.1. The van der Waals surface area contributed by atoms with Crippen molar-refractivity contribution in [3.63, 3.8) is 0 Å². The Labute approximate surface area is 143 Å². The third kappa shape index (κ3) is 3.05. The van der Waals surface area contributed by atoms with Crippen LogP contribution in [-0.2, 0) is 4.74 Å². The lowest BCUT2D eigenvalue weighted by Crippen LogP contribution is -2.27. The van der Waals surface area contributed by atoms with E-state index in [0.717, 1.165) is 12.8 Å². The van der Waals surface area contributed by atoms with Crippen molar-refractivity contribution in [2.75, 3.05) is 6.61 Å². The van der Waals surface area contributed by atoms with Crippen molar-refractivity contribution < 1.29 is 19.0 Å². The molecule has 1 saturated heterocycles. The van der Waals surface area contributed by atoms with E-state index in [1.807, 2.05) is 6.92 Å². The topological polar surface area (TPSA) is 82.3 Å². The highest BCUT2D eigenvalue weighted by molar-refractivity contribution is 6.28. The summed E-state index contributed by atoms with van der Waals surface area (Å²) < 4.78 is 27.1. The van der Waals surface area contributed by atoms with Gasteiger partial charge < -0.3 is 14.6 Å². The third-order valence-corrected chi connectivity index (χ3v) is 4.24. The van der Waals surface area contributed by atoms with Crippen LogP contribution in [0.2, 0.25) is 5.28 Å². The first-order valence-corrected chi connectivity index (χ1v) is 8.45. The Morgan fingerprint density at radius 1 is 1.42 bits per heavy atom. The zero-order chi connectivity index (χ0) is 17.3. The van der Waals surface area contributed by atoms with Gasteiger partial charge in [0.05, 0.1) is 19.0 Å². The van der Waals surface area contributed by atoms with Gasteiger partial charge in [-0.15, -0.1) is 0 Å².